The van der Waals surface area contributed by atoms with Gasteiger partial charge in [0.2, 0.25) is 17.7 Å². The van der Waals surface area contributed by atoms with E-state index in [0.717, 1.165) is 69.7 Å². The molecule has 4 aromatic rings. The summed E-state index contributed by atoms with van der Waals surface area (Å²) in [4.78, 5) is 59.9. The van der Waals surface area contributed by atoms with E-state index in [1.807, 2.05) is 18.2 Å². The number of piperazine rings is 1. The first-order valence-electron chi connectivity index (χ1n) is 20.6. The fourth-order valence-electron chi connectivity index (χ4n) is 10.6. The molecule has 3 fully saturated rings. The van der Waals surface area contributed by atoms with Gasteiger partial charge >= 0.3 is 0 Å². The Morgan fingerprint density at radius 2 is 1.47 bits per heavy atom. The molecule has 292 valence electrons. The van der Waals surface area contributed by atoms with E-state index in [0.29, 0.717) is 48.3 Å². The minimum absolute atomic E-state index is 0.0529. The molecule has 6 aliphatic rings. The van der Waals surface area contributed by atoms with Crippen LogP contribution in [0, 0.1) is 5.92 Å². The van der Waals surface area contributed by atoms with E-state index in [4.69, 9.17) is 0 Å². The number of nitrogens with zero attached hydrogens (tertiary/aromatic N) is 4. The first-order valence-corrected chi connectivity index (χ1v) is 20.6. The minimum atomic E-state index is -0.672. The molecule has 4 atom stereocenters. The monoisotopic (exact) mass is 764 g/mol. The Morgan fingerprint density at radius 1 is 0.684 bits per heavy atom. The van der Waals surface area contributed by atoms with Gasteiger partial charge in [0.25, 0.3) is 5.91 Å². The average molecular weight is 765 g/mol. The van der Waals surface area contributed by atoms with Gasteiger partial charge in [-0.1, -0.05) is 48.5 Å². The van der Waals surface area contributed by atoms with Crippen molar-refractivity contribution in [3.05, 3.63) is 118 Å². The van der Waals surface area contributed by atoms with Crippen molar-refractivity contribution in [1.29, 1.82) is 0 Å². The summed E-state index contributed by atoms with van der Waals surface area (Å²) in [6.07, 6.45) is 4.73. The fraction of sp³-hybridized carbons (Fsp3) is 0.391. The SMILES string of the molecule is O=C1CCC(N2Cc3cc4c(cc3C2=O)NC(=O)[C@@H]2CN(CC3CCN(c5ccc([C@@H]6c7ccc(O)cc7CC[C@@H]6c6ccccc6)cc5)CC3)CCN42)C(=O)N1. The predicted molar refractivity (Wildman–Crippen MR) is 218 cm³/mol. The molecule has 3 N–H and O–H groups in total. The number of benzene rings is 4. The third-order valence-electron chi connectivity index (χ3n) is 13.5. The molecule has 1 aliphatic carbocycles. The van der Waals surface area contributed by atoms with Crippen LogP contribution in [0.5, 0.6) is 5.75 Å². The number of hydrogen-bond donors (Lipinski definition) is 3. The van der Waals surface area contributed by atoms with Crippen molar-refractivity contribution in [2.75, 3.05) is 54.4 Å². The number of piperidine rings is 2. The van der Waals surface area contributed by atoms with E-state index in [1.165, 1.54) is 27.9 Å². The number of carbonyl (C=O) groups excluding carboxylic acids is 4. The Morgan fingerprint density at radius 3 is 2.26 bits per heavy atom. The highest BCUT2D eigenvalue weighted by Crippen LogP contribution is 2.47. The van der Waals surface area contributed by atoms with Gasteiger partial charge in [-0.15, -0.1) is 0 Å². The third-order valence-corrected chi connectivity index (χ3v) is 13.5. The van der Waals surface area contributed by atoms with Crippen LogP contribution in [0.2, 0.25) is 0 Å². The second-order valence-electron chi connectivity index (χ2n) is 16.8. The van der Waals surface area contributed by atoms with E-state index < -0.39 is 11.9 Å². The Labute approximate surface area is 332 Å². The van der Waals surface area contributed by atoms with Crippen LogP contribution in [-0.4, -0.2) is 89.9 Å². The number of phenolic OH excluding ortho intramolecular Hbond substituents is 1. The van der Waals surface area contributed by atoms with Gasteiger partial charge in [-0.2, -0.15) is 0 Å². The average Bonchev–Trinajstić information content (AvgIpc) is 3.54. The zero-order valence-corrected chi connectivity index (χ0v) is 32.0. The summed E-state index contributed by atoms with van der Waals surface area (Å²) < 4.78 is 0. The number of anilines is 3. The lowest BCUT2D eigenvalue weighted by Crippen LogP contribution is -2.60. The number of fused-ring (bicyclic) bond motifs is 5. The van der Waals surface area contributed by atoms with E-state index in [1.54, 1.807) is 11.0 Å². The van der Waals surface area contributed by atoms with Gasteiger partial charge in [-0.25, -0.2) is 0 Å². The molecule has 0 saturated carbocycles. The fourth-order valence-corrected chi connectivity index (χ4v) is 10.6. The molecule has 0 spiro atoms. The summed E-state index contributed by atoms with van der Waals surface area (Å²) in [5, 5.41) is 15.7. The highest BCUT2D eigenvalue weighted by atomic mass is 16.3. The van der Waals surface area contributed by atoms with Gasteiger partial charge < -0.3 is 25.1 Å². The van der Waals surface area contributed by atoms with Gasteiger partial charge in [0, 0.05) is 69.4 Å². The summed E-state index contributed by atoms with van der Waals surface area (Å²) >= 11 is 0. The van der Waals surface area contributed by atoms with Crippen molar-refractivity contribution >= 4 is 40.7 Å². The van der Waals surface area contributed by atoms with E-state index in [-0.39, 0.29) is 36.1 Å². The third kappa shape index (κ3) is 6.51. The first-order chi connectivity index (χ1) is 27.8. The highest BCUT2D eigenvalue weighted by molar-refractivity contribution is 6.09. The number of amides is 4. The van der Waals surface area contributed by atoms with Crippen molar-refractivity contribution in [3.8, 4) is 5.75 Å². The molecule has 3 saturated heterocycles. The van der Waals surface area contributed by atoms with Gasteiger partial charge in [-0.05, 0) is 108 Å². The summed E-state index contributed by atoms with van der Waals surface area (Å²) in [7, 11) is 0. The summed E-state index contributed by atoms with van der Waals surface area (Å²) in [6, 6.07) is 28.8. The van der Waals surface area contributed by atoms with Crippen LogP contribution in [0.15, 0.2) is 84.9 Å². The van der Waals surface area contributed by atoms with Crippen LogP contribution < -0.4 is 20.4 Å². The van der Waals surface area contributed by atoms with Gasteiger partial charge in [-0.3, -0.25) is 29.4 Å². The number of imide groups is 1. The van der Waals surface area contributed by atoms with Crippen molar-refractivity contribution in [2.24, 2.45) is 5.92 Å². The molecular weight excluding hydrogens is 717 g/mol. The topological polar surface area (TPSA) is 126 Å². The largest absolute Gasteiger partial charge is 0.508 e. The predicted octanol–water partition coefficient (Wildman–Crippen LogP) is 5.37. The molecular formula is C46H48N6O5. The number of aromatic hydroxyl groups is 1. The van der Waals surface area contributed by atoms with E-state index in [2.05, 4.69) is 86.0 Å². The molecule has 0 aromatic heterocycles. The zero-order chi connectivity index (χ0) is 38.8. The number of carbonyl (C=O) groups is 4. The van der Waals surface area contributed by atoms with Crippen molar-refractivity contribution in [2.45, 2.75) is 69.0 Å². The van der Waals surface area contributed by atoms with Crippen LogP contribution in [0.1, 0.15) is 82.1 Å². The quantitative estimate of drug-likeness (QED) is 0.224. The molecule has 0 bridgehead atoms. The number of aryl methyl sites for hydroxylation is 1. The smallest absolute Gasteiger partial charge is 0.255 e. The molecule has 4 amide bonds. The van der Waals surface area contributed by atoms with Crippen LogP contribution in [0.3, 0.4) is 0 Å². The summed E-state index contributed by atoms with van der Waals surface area (Å²) in [5.41, 5.74) is 9.42. The Kier molecular flexibility index (Phi) is 9.00. The minimum Gasteiger partial charge on any atom is -0.508 e. The van der Waals surface area contributed by atoms with Crippen LogP contribution in [-0.2, 0) is 27.3 Å². The first kappa shape index (κ1) is 35.7. The number of rotatable bonds is 6. The van der Waals surface area contributed by atoms with Crippen molar-refractivity contribution in [1.82, 2.24) is 15.1 Å². The van der Waals surface area contributed by atoms with Crippen LogP contribution in [0.4, 0.5) is 17.1 Å². The van der Waals surface area contributed by atoms with Gasteiger partial charge in [0.15, 0.2) is 0 Å². The Balaban J connectivity index is 0.770. The molecule has 11 heteroatoms. The molecule has 5 aliphatic heterocycles. The lowest BCUT2D eigenvalue weighted by Gasteiger charge is -2.46. The van der Waals surface area contributed by atoms with Crippen LogP contribution >= 0.6 is 0 Å². The molecule has 57 heavy (non-hydrogen) atoms. The van der Waals surface area contributed by atoms with Crippen LogP contribution in [0.25, 0.3) is 0 Å². The van der Waals surface area contributed by atoms with E-state index in [9.17, 15) is 24.3 Å². The number of nitrogens with one attached hydrogen (secondary N) is 2. The van der Waals surface area contributed by atoms with E-state index >= 15 is 0 Å². The van der Waals surface area contributed by atoms with Gasteiger partial charge in [0.05, 0.1) is 11.4 Å². The Bertz CT molecular complexity index is 2250. The maximum Gasteiger partial charge on any atom is 0.255 e. The lowest BCUT2D eigenvalue weighted by atomic mass is 9.69. The normalized spacial score (nSPS) is 25.0. The molecule has 10 rings (SSSR count). The lowest BCUT2D eigenvalue weighted by molar-refractivity contribution is -0.137. The second-order valence-corrected chi connectivity index (χ2v) is 16.8. The molecule has 4 aromatic carbocycles. The van der Waals surface area contributed by atoms with Crippen molar-refractivity contribution < 1.29 is 24.3 Å². The number of phenols is 1. The number of hydrogen-bond acceptors (Lipinski definition) is 8. The maximum atomic E-state index is 13.5. The zero-order valence-electron chi connectivity index (χ0n) is 32.0. The standard InChI is InChI=1S/C46H48N6O5/c53-34-11-13-36-31(22-34)8-12-35(29-4-2-1-3-5-29)43(36)30-6-9-33(10-7-30)50-18-16-28(17-19-50)25-49-20-21-51-40-23-32-26-52(39-14-15-42(54)48-44(39)55)46(57)37(32)24-38(40)47-45(56)41(51)27-49/h1-7,9-11,13,22-24,28,35,39,41,43,53H,8,12,14-21,25-27H2,(H,47,56)(H,48,54,55)/t35-,39?,41+,43+/m1/s1. The summed E-state index contributed by atoms with van der Waals surface area (Å²) in [6.45, 7) is 5.51. The van der Waals surface area contributed by atoms with Gasteiger partial charge in [0.1, 0.15) is 17.8 Å². The molecule has 11 nitrogen and oxygen atoms in total. The molecule has 0 radical (unpaired) electrons. The summed E-state index contributed by atoms with van der Waals surface area (Å²) in [5.74, 6) is 0.479. The molecule has 1 unspecified atom stereocenters. The second kappa shape index (κ2) is 14.4. The Hall–Kier alpha value is -5.68. The highest BCUT2D eigenvalue weighted by Gasteiger charge is 2.43. The van der Waals surface area contributed by atoms with Crippen molar-refractivity contribution in [3.63, 3.8) is 0 Å². The maximum absolute atomic E-state index is 13.5. The molecule has 5 heterocycles.